The quantitative estimate of drug-likeness (QED) is 0.587. The third kappa shape index (κ3) is 3.35. The minimum atomic E-state index is -0.327. The molecule has 0 bridgehead atoms. The van der Waals surface area contributed by atoms with E-state index < -0.39 is 0 Å². The Morgan fingerprint density at radius 2 is 1.80 bits per heavy atom. The van der Waals surface area contributed by atoms with Crippen molar-refractivity contribution in [2.45, 2.75) is 0 Å². The zero-order valence-corrected chi connectivity index (χ0v) is 13.0. The van der Waals surface area contributed by atoms with Crippen molar-refractivity contribution in [3.05, 3.63) is 72.8 Å². The number of hydrogen-bond acceptors (Lipinski definition) is 6. The zero-order valence-electron chi connectivity index (χ0n) is 13.0. The molecular formula is C18H13FN6. The van der Waals surface area contributed by atoms with E-state index in [2.05, 4.69) is 30.8 Å². The number of nitrogens with one attached hydrogen (secondary N) is 2. The molecule has 0 saturated carbocycles. The van der Waals surface area contributed by atoms with Gasteiger partial charge in [0.1, 0.15) is 5.82 Å². The maximum atomic E-state index is 13.3. The SMILES string of the molecule is Fc1cccc(Nc2cnnc(Nc3cccc4cccnc34)n2)c1. The third-order valence-electron chi connectivity index (χ3n) is 3.54. The average Bonchev–Trinajstić information content (AvgIpc) is 2.62. The fourth-order valence-corrected chi connectivity index (χ4v) is 2.46. The number of anilines is 4. The van der Waals surface area contributed by atoms with Gasteiger partial charge < -0.3 is 10.6 Å². The minimum absolute atomic E-state index is 0.319. The number of fused-ring (bicyclic) bond motifs is 1. The lowest BCUT2D eigenvalue weighted by Crippen LogP contribution is -2.03. The molecule has 0 aliphatic carbocycles. The number of hydrogen-bond donors (Lipinski definition) is 2. The van der Waals surface area contributed by atoms with Gasteiger partial charge in [0.15, 0.2) is 5.82 Å². The predicted octanol–water partition coefficient (Wildman–Crippen LogP) is 4.05. The number of halogens is 1. The molecule has 6 nitrogen and oxygen atoms in total. The van der Waals surface area contributed by atoms with Gasteiger partial charge in [0.05, 0.1) is 17.4 Å². The van der Waals surface area contributed by atoms with Gasteiger partial charge in [0, 0.05) is 17.3 Å². The second-order valence-electron chi connectivity index (χ2n) is 5.31. The topological polar surface area (TPSA) is 75.6 Å². The summed E-state index contributed by atoms with van der Waals surface area (Å²) in [6.45, 7) is 0. The van der Waals surface area contributed by atoms with E-state index in [-0.39, 0.29) is 5.82 Å². The highest BCUT2D eigenvalue weighted by molar-refractivity contribution is 5.91. The molecule has 122 valence electrons. The summed E-state index contributed by atoms with van der Waals surface area (Å²) in [5.41, 5.74) is 2.18. The summed E-state index contributed by atoms with van der Waals surface area (Å²) in [6, 6.07) is 15.8. The van der Waals surface area contributed by atoms with Gasteiger partial charge in [-0.2, -0.15) is 10.1 Å². The first-order valence-corrected chi connectivity index (χ1v) is 7.61. The molecule has 2 N–H and O–H groups in total. The molecule has 2 aromatic carbocycles. The van der Waals surface area contributed by atoms with E-state index in [1.54, 1.807) is 18.3 Å². The Morgan fingerprint density at radius 1 is 0.920 bits per heavy atom. The van der Waals surface area contributed by atoms with E-state index in [0.717, 1.165) is 16.6 Å². The van der Waals surface area contributed by atoms with Crippen molar-refractivity contribution in [1.29, 1.82) is 0 Å². The Bertz CT molecular complexity index is 1030. The second-order valence-corrected chi connectivity index (χ2v) is 5.31. The van der Waals surface area contributed by atoms with Crippen LogP contribution in [0.3, 0.4) is 0 Å². The highest BCUT2D eigenvalue weighted by Gasteiger charge is 2.06. The largest absolute Gasteiger partial charge is 0.339 e. The molecule has 0 amide bonds. The fraction of sp³-hybridized carbons (Fsp3) is 0. The van der Waals surface area contributed by atoms with Crippen LogP contribution in [-0.2, 0) is 0 Å². The molecule has 2 aromatic heterocycles. The van der Waals surface area contributed by atoms with Gasteiger partial charge in [0.2, 0.25) is 5.95 Å². The van der Waals surface area contributed by atoms with Crippen LogP contribution in [0.1, 0.15) is 0 Å². The fourth-order valence-electron chi connectivity index (χ4n) is 2.46. The number of benzene rings is 2. The van der Waals surface area contributed by atoms with Gasteiger partial charge in [-0.05, 0) is 30.3 Å². The normalized spacial score (nSPS) is 10.6. The molecule has 2 heterocycles. The van der Waals surface area contributed by atoms with Crippen LogP contribution >= 0.6 is 0 Å². The first-order chi connectivity index (χ1) is 12.3. The highest BCUT2D eigenvalue weighted by atomic mass is 19.1. The molecule has 25 heavy (non-hydrogen) atoms. The van der Waals surface area contributed by atoms with Crippen molar-refractivity contribution < 1.29 is 4.39 Å². The lowest BCUT2D eigenvalue weighted by molar-refractivity contribution is 0.628. The molecular weight excluding hydrogens is 319 g/mol. The first-order valence-electron chi connectivity index (χ1n) is 7.61. The summed E-state index contributed by atoms with van der Waals surface area (Å²) >= 11 is 0. The van der Waals surface area contributed by atoms with Gasteiger partial charge in [-0.3, -0.25) is 4.98 Å². The van der Waals surface area contributed by atoms with Crippen molar-refractivity contribution >= 4 is 34.0 Å². The first kappa shape index (κ1) is 14.9. The van der Waals surface area contributed by atoms with E-state index in [4.69, 9.17) is 0 Å². The van der Waals surface area contributed by atoms with Crippen molar-refractivity contribution in [3.8, 4) is 0 Å². The Hall–Kier alpha value is -3.61. The summed E-state index contributed by atoms with van der Waals surface area (Å²) in [5.74, 6) is 0.447. The van der Waals surface area contributed by atoms with Crippen molar-refractivity contribution in [3.63, 3.8) is 0 Å². The Kier molecular flexibility index (Phi) is 3.88. The van der Waals surface area contributed by atoms with E-state index >= 15 is 0 Å². The third-order valence-corrected chi connectivity index (χ3v) is 3.54. The van der Waals surface area contributed by atoms with Gasteiger partial charge in [-0.1, -0.05) is 24.3 Å². The number of nitrogens with zero attached hydrogens (tertiary/aromatic N) is 4. The zero-order chi connectivity index (χ0) is 17.1. The van der Waals surface area contributed by atoms with Gasteiger partial charge in [-0.15, -0.1) is 5.10 Å². The Balaban J connectivity index is 1.61. The molecule has 0 fully saturated rings. The number of rotatable bonds is 4. The second kappa shape index (κ2) is 6.48. The van der Waals surface area contributed by atoms with Gasteiger partial charge >= 0.3 is 0 Å². The smallest absolute Gasteiger partial charge is 0.249 e. The van der Waals surface area contributed by atoms with Gasteiger partial charge in [0.25, 0.3) is 0 Å². The predicted molar refractivity (Wildman–Crippen MR) is 94.5 cm³/mol. The maximum Gasteiger partial charge on any atom is 0.249 e. The van der Waals surface area contributed by atoms with Crippen molar-refractivity contribution in [1.82, 2.24) is 20.2 Å². The molecule has 0 unspecified atom stereocenters. The number of pyridine rings is 1. The van der Waals surface area contributed by atoms with Crippen LogP contribution in [0.4, 0.5) is 27.5 Å². The van der Waals surface area contributed by atoms with E-state index in [0.29, 0.717) is 17.5 Å². The molecule has 4 rings (SSSR count). The molecule has 0 spiro atoms. The molecule has 0 aliphatic rings. The molecule has 0 saturated heterocycles. The van der Waals surface area contributed by atoms with Gasteiger partial charge in [-0.25, -0.2) is 4.39 Å². The molecule has 0 aliphatic heterocycles. The van der Waals surface area contributed by atoms with Crippen LogP contribution in [-0.4, -0.2) is 20.2 Å². The summed E-state index contributed by atoms with van der Waals surface area (Å²) in [6.07, 6.45) is 3.20. The van der Waals surface area contributed by atoms with E-state index in [1.807, 2.05) is 30.3 Å². The van der Waals surface area contributed by atoms with Crippen LogP contribution in [0.2, 0.25) is 0 Å². The number of aromatic nitrogens is 4. The highest BCUT2D eigenvalue weighted by Crippen LogP contribution is 2.23. The Labute approximate surface area is 142 Å². The van der Waals surface area contributed by atoms with Crippen LogP contribution in [0, 0.1) is 5.82 Å². The summed E-state index contributed by atoms with van der Waals surface area (Å²) < 4.78 is 13.3. The van der Waals surface area contributed by atoms with Crippen molar-refractivity contribution in [2.24, 2.45) is 0 Å². The molecule has 0 radical (unpaired) electrons. The Morgan fingerprint density at radius 3 is 2.72 bits per heavy atom. The molecule has 4 aromatic rings. The summed E-state index contributed by atoms with van der Waals surface area (Å²) in [7, 11) is 0. The van der Waals surface area contributed by atoms with Crippen LogP contribution in [0.5, 0.6) is 0 Å². The molecule has 7 heteroatoms. The van der Waals surface area contributed by atoms with Crippen molar-refractivity contribution in [2.75, 3.05) is 10.6 Å². The average molecular weight is 332 g/mol. The maximum absolute atomic E-state index is 13.3. The van der Waals surface area contributed by atoms with Crippen LogP contribution < -0.4 is 10.6 Å². The lowest BCUT2D eigenvalue weighted by atomic mass is 10.2. The van der Waals surface area contributed by atoms with E-state index in [9.17, 15) is 4.39 Å². The van der Waals surface area contributed by atoms with Crippen LogP contribution in [0.25, 0.3) is 10.9 Å². The minimum Gasteiger partial charge on any atom is -0.339 e. The number of para-hydroxylation sites is 1. The van der Waals surface area contributed by atoms with Crippen LogP contribution in [0.15, 0.2) is 67.0 Å². The molecule has 0 atom stereocenters. The van der Waals surface area contributed by atoms with E-state index in [1.165, 1.54) is 18.3 Å². The summed E-state index contributed by atoms with van der Waals surface area (Å²) in [5, 5.41) is 15.0. The summed E-state index contributed by atoms with van der Waals surface area (Å²) in [4.78, 5) is 8.74. The standard InChI is InChI=1S/C18H13FN6/c19-13-6-2-7-14(10-13)22-16-11-21-25-18(24-16)23-15-8-1-4-12-5-3-9-20-17(12)15/h1-11H,(H2,22,23,24,25). The lowest BCUT2D eigenvalue weighted by Gasteiger charge is -2.09. The monoisotopic (exact) mass is 332 g/mol.